The molecule has 1 atom stereocenters. The largest absolute Gasteiger partial charge is 0.493 e. The quantitative estimate of drug-likeness (QED) is 0.138. The van der Waals surface area contributed by atoms with Crippen LogP contribution in [0.5, 0.6) is 5.75 Å². The number of rotatable bonds is 12. The first-order valence-electron chi connectivity index (χ1n) is 19.2. The van der Waals surface area contributed by atoms with Crippen molar-refractivity contribution in [1.29, 1.82) is 0 Å². The van der Waals surface area contributed by atoms with Gasteiger partial charge in [-0.05, 0) is 120 Å². The molecule has 0 spiro atoms. The summed E-state index contributed by atoms with van der Waals surface area (Å²) in [6, 6.07) is 14.8. The summed E-state index contributed by atoms with van der Waals surface area (Å²) in [7, 11) is 0. The van der Waals surface area contributed by atoms with Crippen molar-refractivity contribution in [2.24, 2.45) is 10.8 Å². The first kappa shape index (κ1) is 39.5. The minimum Gasteiger partial charge on any atom is -0.493 e. The van der Waals surface area contributed by atoms with Crippen molar-refractivity contribution < 1.29 is 23.4 Å². The number of carbonyl (C=O) groups excluding carboxylic acids is 1. The highest BCUT2D eigenvalue weighted by Crippen LogP contribution is 2.46. The molecule has 2 heterocycles. The Kier molecular flexibility index (Phi) is 12.2. The van der Waals surface area contributed by atoms with E-state index in [-0.39, 0.29) is 17.3 Å². The van der Waals surface area contributed by atoms with Gasteiger partial charge in [0.15, 0.2) is 6.10 Å². The Bertz CT molecular complexity index is 1710. The van der Waals surface area contributed by atoms with E-state index in [0.29, 0.717) is 18.4 Å². The van der Waals surface area contributed by atoms with Crippen molar-refractivity contribution in [2.75, 3.05) is 24.6 Å². The number of benzene rings is 2. The minimum absolute atomic E-state index is 0.228. The zero-order chi connectivity index (χ0) is 37.8. The zero-order valence-electron chi connectivity index (χ0n) is 33.3. The Balaban J connectivity index is 1.64. The van der Waals surface area contributed by atoms with Crippen LogP contribution < -0.4 is 9.64 Å². The zero-order valence-corrected chi connectivity index (χ0v) is 33.3. The molecule has 282 valence electrons. The molecule has 0 saturated carbocycles. The summed E-state index contributed by atoms with van der Waals surface area (Å²) in [5.74, 6) is 0.132. The number of halogens is 1. The Morgan fingerprint density at radius 2 is 1.60 bits per heavy atom. The second-order valence-electron chi connectivity index (χ2n) is 17.7. The molecule has 6 nitrogen and oxygen atoms in total. The summed E-state index contributed by atoms with van der Waals surface area (Å²) < 4.78 is 32.1. The molecule has 0 N–H and O–H groups in total. The van der Waals surface area contributed by atoms with Gasteiger partial charge in [-0.15, -0.1) is 0 Å². The second kappa shape index (κ2) is 16.1. The topological polar surface area (TPSA) is 60.9 Å². The third-order valence-corrected chi connectivity index (χ3v) is 10.4. The number of ether oxygens (including phenoxy) is 3. The second-order valence-corrected chi connectivity index (χ2v) is 17.7. The maximum atomic E-state index is 14.1. The molecule has 1 aromatic heterocycles. The van der Waals surface area contributed by atoms with Crippen LogP contribution in [0.15, 0.2) is 60.2 Å². The van der Waals surface area contributed by atoms with E-state index < -0.39 is 17.7 Å². The van der Waals surface area contributed by atoms with Crippen molar-refractivity contribution in [3.05, 3.63) is 88.5 Å². The summed E-state index contributed by atoms with van der Waals surface area (Å²) in [6.07, 6.45) is 7.91. The van der Waals surface area contributed by atoms with E-state index in [1.54, 1.807) is 12.1 Å². The molecule has 1 fully saturated rings. The number of anilines is 1. The monoisotopic (exact) mass is 712 g/mol. The molecule has 52 heavy (non-hydrogen) atoms. The molecule has 1 saturated heterocycles. The number of nitrogens with zero attached hydrogens (tertiary/aromatic N) is 2. The van der Waals surface area contributed by atoms with Crippen LogP contribution in [-0.4, -0.2) is 42.4 Å². The van der Waals surface area contributed by atoms with E-state index in [1.165, 1.54) is 17.7 Å². The Morgan fingerprint density at radius 3 is 2.17 bits per heavy atom. The molecule has 2 aliphatic rings. The molecular weight excluding hydrogens is 652 g/mol. The van der Waals surface area contributed by atoms with Crippen molar-refractivity contribution in [3.63, 3.8) is 0 Å². The van der Waals surface area contributed by atoms with Gasteiger partial charge in [0.25, 0.3) is 0 Å². The lowest BCUT2D eigenvalue weighted by atomic mass is 9.77. The highest BCUT2D eigenvalue weighted by molar-refractivity contribution is 5.89. The smallest absolute Gasteiger partial charge is 0.340 e. The molecule has 0 amide bonds. The fourth-order valence-corrected chi connectivity index (χ4v) is 7.20. The highest BCUT2D eigenvalue weighted by Gasteiger charge is 2.38. The first-order chi connectivity index (χ1) is 24.4. The number of hydrogen-bond donors (Lipinski definition) is 0. The normalized spacial score (nSPS) is 17.8. The highest BCUT2D eigenvalue weighted by atomic mass is 19.1. The average molecular weight is 713 g/mol. The van der Waals surface area contributed by atoms with Gasteiger partial charge in [0.05, 0.1) is 29.7 Å². The van der Waals surface area contributed by atoms with Crippen molar-refractivity contribution in [3.8, 4) is 16.9 Å². The van der Waals surface area contributed by atoms with Crippen LogP contribution in [0.4, 0.5) is 10.1 Å². The molecule has 0 bridgehead atoms. The van der Waals surface area contributed by atoms with Crippen LogP contribution in [0.1, 0.15) is 123 Å². The summed E-state index contributed by atoms with van der Waals surface area (Å²) in [6.45, 7) is 23.3. The Labute approximate surface area is 312 Å². The number of aromatic nitrogens is 1. The molecule has 5 rings (SSSR count). The number of esters is 1. The Morgan fingerprint density at radius 1 is 0.942 bits per heavy atom. The van der Waals surface area contributed by atoms with E-state index in [1.807, 2.05) is 53.7 Å². The fraction of sp³-hybridized carbons (Fsp3) is 0.556. The number of hydrogen-bond acceptors (Lipinski definition) is 6. The predicted molar refractivity (Wildman–Crippen MR) is 209 cm³/mol. The maximum Gasteiger partial charge on any atom is 0.340 e. The lowest BCUT2D eigenvalue weighted by molar-refractivity contribution is -0.171. The fourth-order valence-electron chi connectivity index (χ4n) is 7.20. The lowest BCUT2D eigenvalue weighted by Crippen LogP contribution is -2.39. The SMILES string of the molecule is Cc1nc(CC2=CCC(C)(C)CC2)c(-c2ccc(OCCc3ccc(F)cc3)cc2)c(N2CCC(C)(C)CC2)c1[C@H](OC(C)(C)C)C(=O)OC(C)C. The van der Waals surface area contributed by atoms with E-state index in [9.17, 15) is 9.18 Å². The van der Waals surface area contributed by atoms with Gasteiger partial charge in [-0.2, -0.15) is 0 Å². The van der Waals surface area contributed by atoms with Crippen molar-refractivity contribution in [1.82, 2.24) is 4.98 Å². The van der Waals surface area contributed by atoms with E-state index in [4.69, 9.17) is 19.2 Å². The van der Waals surface area contributed by atoms with Gasteiger partial charge < -0.3 is 19.1 Å². The van der Waals surface area contributed by atoms with E-state index in [2.05, 4.69) is 50.8 Å². The number of piperidine rings is 1. The van der Waals surface area contributed by atoms with Crippen LogP contribution in [-0.2, 0) is 27.1 Å². The number of carbonyl (C=O) groups is 1. The molecular formula is C45H61FN2O4. The maximum absolute atomic E-state index is 14.1. The number of allylic oxidation sites excluding steroid dienone is 2. The van der Waals surface area contributed by atoms with Gasteiger partial charge in [-0.25, -0.2) is 9.18 Å². The number of aryl methyl sites for hydroxylation is 1. The van der Waals surface area contributed by atoms with Gasteiger partial charge in [0, 0.05) is 42.8 Å². The van der Waals surface area contributed by atoms with Crippen LogP contribution in [0, 0.1) is 23.6 Å². The van der Waals surface area contributed by atoms with Gasteiger partial charge >= 0.3 is 5.97 Å². The first-order valence-corrected chi connectivity index (χ1v) is 19.2. The molecule has 3 aromatic rings. The Hall–Kier alpha value is -3.71. The summed E-state index contributed by atoms with van der Waals surface area (Å²) in [4.78, 5) is 21.9. The summed E-state index contributed by atoms with van der Waals surface area (Å²) in [5.41, 5.74) is 8.05. The standard InChI is InChI=1S/C45H61FN2O4/c1-30(2)51-42(49)41(52-43(4,5)6)38-31(3)47-37(29-33-19-22-44(7,8)23-20-33)39(40(38)48-26-24-45(9,10)25-27-48)34-13-17-36(18-14-34)50-28-21-32-11-15-35(46)16-12-32/h11-19,30,41H,20-29H2,1-10H3/t41-/m0/s1. The predicted octanol–water partition coefficient (Wildman–Crippen LogP) is 10.9. The molecule has 7 heteroatoms. The van der Waals surface area contributed by atoms with Crippen molar-refractivity contribution in [2.45, 2.75) is 132 Å². The molecule has 0 unspecified atom stereocenters. The number of pyridine rings is 1. The average Bonchev–Trinajstić information content (AvgIpc) is 3.05. The molecule has 1 aliphatic carbocycles. The van der Waals surface area contributed by atoms with Crippen molar-refractivity contribution >= 4 is 11.7 Å². The van der Waals surface area contributed by atoms with Gasteiger partial charge in [0.2, 0.25) is 0 Å². The van der Waals surface area contributed by atoms with E-state index >= 15 is 0 Å². The minimum atomic E-state index is -0.948. The van der Waals surface area contributed by atoms with Gasteiger partial charge in [-0.1, -0.05) is 63.6 Å². The van der Waals surface area contributed by atoms with E-state index in [0.717, 1.165) is 96.7 Å². The van der Waals surface area contributed by atoms with Crippen LogP contribution in [0.25, 0.3) is 11.1 Å². The summed E-state index contributed by atoms with van der Waals surface area (Å²) >= 11 is 0. The lowest BCUT2D eigenvalue weighted by Gasteiger charge is -2.41. The molecule has 1 aliphatic heterocycles. The van der Waals surface area contributed by atoms with Gasteiger partial charge in [0.1, 0.15) is 11.6 Å². The third kappa shape index (κ3) is 10.5. The van der Waals surface area contributed by atoms with Crippen LogP contribution >= 0.6 is 0 Å². The third-order valence-electron chi connectivity index (χ3n) is 10.4. The van der Waals surface area contributed by atoms with Crippen LogP contribution in [0.3, 0.4) is 0 Å². The van der Waals surface area contributed by atoms with Gasteiger partial charge in [-0.3, -0.25) is 4.98 Å². The summed E-state index contributed by atoms with van der Waals surface area (Å²) in [5, 5.41) is 0. The molecule has 2 aromatic carbocycles. The van der Waals surface area contributed by atoms with Crippen LogP contribution in [0.2, 0.25) is 0 Å². The molecule has 0 radical (unpaired) electrons.